The van der Waals surface area contributed by atoms with E-state index < -0.39 is 0 Å². The van der Waals surface area contributed by atoms with Crippen molar-refractivity contribution in [2.75, 3.05) is 46.8 Å². The summed E-state index contributed by atoms with van der Waals surface area (Å²) in [6.07, 6.45) is 1.27. The van der Waals surface area contributed by atoms with E-state index in [-0.39, 0.29) is 0 Å². The molecule has 5 heteroatoms. The minimum atomic E-state index is 0.424. The number of thiazole rings is 1. The zero-order valence-electron chi connectivity index (χ0n) is 11.2. The first kappa shape index (κ1) is 12.5. The van der Waals surface area contributed by atoms with Gasteiger partial charge in [-0.05, 0) is 27.1 Å². The number of hydrogen-bond acceptors (Lipinski definition) is 5. The van der Waals surface area contributed by atoms with E-state index in [1.165, 1.54) is 30.2 Å². The summed E-state index contributed by atoms with van der Waals surface area (Å²) in [7, 11) is 4.39. The fourth-order valence-corrected chi connectivity index (χ4v) is 3.88. The molecule has 0 radical (unpaired) electrons. The molecule has 1 aromatic heterocycles. The van der Waals surface area contributed by atoms with E-state index in [0.29, 0.717) is 12.0 Å². The van der Waals surface area contributed by atoms with Crippen molar-refractivity contribution >= 4 is 11.3 Å². The van der Waals surface area contributed by atoms with E-state index in [0.717, 1.165) is 19.6 Å². The number of nitrogens with one attached hydrogen (secondary N) is 1. The molecule has 1 N–H and O–H groups in total. The van der Waals surface area contributed by atoms with Crippen molar-refractivity contribution in [1.29, 1.82) is 0 Å². The Kier molecular flexibility index (Phi) is 3.66. The lowest BCUT2D eigenvalue weighted by Gasteiger charge is -2.29. The van der Waals surface area contributed by atoms with Gasteiger partial charge in [-0.2, -0.15) is 0 Å². The summed E-state index contributed by atoms with van der Waals surface area (Å²) in [6.45, 7) is 5.67. The van der Waals surface area contributed by atoms with Gasteiger partial charge in [-0.3, -0.25) is 0 Å². The molecule has 2 unspecified atom stereocenters. The maximum atomic E-state index is 4.89. The third-order valence-electron chi connectivity index (χ3n) is 4.02. The van der Waals surface area contributed by atoms with Crippen LogP contribution >= 0.6 is 11.3 Å². The number of likely N-dealkylation sites (tertiary alicyclic amines) is 1. The Morgan fingerprint density at radius 2 is 2.11 bits per heavy atom. The predicted molar refractivity (Wildman–Crippen MR) is 75.2 cm³/mol. The second-order valence-corrected chi connectivity index (χ2v) is 6.52. The fraction of sp³-hybridized carbons (Fsp3) is 0.769. The van der Waals surface area contributed by atoms with Crippen LogP contribution in [0.4, 0.5) is 0 Å². The summed E-state index contributed by atoms with van der Waals surface area (Å²) in [4.78, 5) is 9.67. The van der Waals surface area contributed by atoms with Crippen LogP contribution in [0.2, 0.25) is 0 Å². The lowest BCUT2D eigenvalue weighted by atomic mass is 10.1. The Balaban J connectivity index is 1.69. The molecule has 2 saturated heterocycles. The Labute approximate surface area is 113 Å². The summed E-state index contributed by atoms with van der Waals surface area (Å²) in [5, 5.41) is 7.16. The Bertz CT molecular complexity index is 405. The van der Waals surface area contributed by atoms with Crippen LogP contribution in [0.25, 0.3) is 0 Å². The molecule has 18 heavy (non-hydrogen) atoms. The van der Waals surface area contributed by atoms with Gasteiger partial charge in [-0.25, -0.2) is 4.98 Å². The molecule has 0 aromatic carbocycles. The summed E-state index contributed by atoms with van der Waals surface area (Å²) >= 11 is 1.85. The van der Waals surface area contributed by atoms with Gasteiger partial charge in [0.25, 0.3) is 0 Å². The van der Waals surface area contributed by atoms with Gasteiger partial charge in [0.2, 0.25) is 0 Å². The van der Waals surface area contributed by atoms with Crippen molar-refractivity contribution in [3.05, 3.63) is 16.1 Å². The highest BCUT2D eigenvalue weighted by Gasteiger charge is 2.26. The van der Waals surface area contributed by atoms with Crippen molar-refractivity contribution in [1.82, 2.24) is 20.1 Å². The maximum absolute atomic E-state index is 4.89. The van der Waals surface area contributed by atoms with Gasteiger partial charge in [0.1, 0.15) is 0 Å². The molecule has 0 amide bonds. The van der Waals surface area contributed by atoms with E-state index in [1.54, 1.807) is 0 Å². The molecule has 3 heterocycles. The van der Waals surface area contributed by atoms with Gasteiger partial charge < -0.3 is 15.1 Å². The van der Waals surface area contributed by atoms with E-state index in [1.807, 2.05) is 11.3 Å². The van der Waals surface area contributed by atoms with Crippen LogP contribution in [-0.2, 0) is 0 Å². The summed E-state index contributed by atoms with van der Waals surface area (Å²) in [5.41, 5.74) is 1.25. The highest BCUT2D eigenvalue weighted by molar-refractivity contribution is 7.09. The Hall–Kier alpha value is -0.490. The number of likely N-dealkylation sites (N-methyl/N-ethyl adjacent to an activating group) is 2. The molecule has 2 fully saturated rings. The smallest absolute Gasteiger partial charge is 0.0973 e. The number of piperazine rings is 1. The molecule has 100 valence electrons. The van der Waals surface area contributed by atoms with Crippen LogP contribution in [0.3, 0.4) is 0 Å². The minimum Gasteiger partial charge on any atom is -0.306 e. The van der Waals surface area contributed by atoms with Gasteiger partial charge in [0.15, 0.2) is 0 Å². The molecule has 2 aliphatic heterocycles. The van der Waals surface area contributed by atoms with Crippen molar-refractivity contribution in [3.63, 3.8) is 0 Å². The molecule has 3 rings (SSSR count). The first-order valence-corrected chi connectivity index (χ1v) is 7.66. The first-order chi connectivity index (χ1) is 8.72. The van der Waals surface area contributed by atoms with Crippen molar-refractivity contribution in [2.24, 2.45) is 0 Å². The molecule has 0 aliphatic carbocycles. The average molecular weight is 266 g/mol. The van der Waals surface area contributed by atoms with Gasteiger partial charge in [-0.15, -0.1) is 11.3 Å². The SMILES string of the molecule is CN1CCC(c2nc(C3CN(C)CCN3)cs2)C1. The molecule has 2 atom stereocenters. The van der Waals surface area contributed by atoms with Crippen molar-refractivity contribution in [3.8, 4) is 0 Å². The van der Waals surface area contributed by atoms with Crippen LogP contribution in [0.1, 0.15) is 29.1 Å². The molecule has 0 bridgehead atoms. The van der Waals surface area contributed by atoms with Gasteiger partial charge in [0.05, 0.1) is 16.7 Å². The second-order valence-electron chi connectivity index (χ2n) is 5.63. The molecule has 2 aliphatic rings. The molecule has 4 nitrogen and oxygen atoms in total. The van der Waals surface area contributed by atoms with Crippen LogP contribution < -0.4 is 5.32 Å². The lowest BCUT2D eigenvalue weighted by Crippen LogP contribution is -2.43. The highest BCUT2D eigenvalue weighted by atomic mass is 32.1. The average Bonchev–Trinajstić information content (AvgIpc) is 2.97. The van der Waals surface area contributed by atoms with Crippen LogP contribution in [0, 0.1) is 0 Å². The van der Waals surface area contributed by atoms with E-state index in [4.69, 9.17) is 4.98 Å². The zero-order chi connectivity index (χ0) is 12.5. The monoisotopic (exact) mass is 266 g/mol. The highest BCUT2D eigenvalue weighted by Crippen LogP contribution is 2.30. The maximum Gasteiger partial charge on any atom is 0.0973 e. The van der Waals surface area contributed by atoms with Crippen LogP contribution in [0.5, 0.6) is 0 Å². The van der Waals surface area contributed by atoms with E-state index in [2.05, 4.69) is 34.6 Å². The second kappa shape index (κ2) is 5.25. The molecular formula is C13H22N4S. The van der Waals surface area contributed by atoms with Gasteiger partial charge in [0, 0.05) is 37.5 Å². The number of aromatic nitrogens is 1. The normalized spacial score (nSPS) is 31.0. The van der Waals surface area contributed by atoms with E-state index >= 15 is 0 Å². The summed E-state index contributed by atoms with van der Waals surface area (Å²) < 4.78 is 0. The number of nitrogens with zero attached hydrogens (tertiary/aromatic N) is 3. The standard InChI is InChI=1S/C13H22N4S/c1-16-5-3-10(7-16)13-15-12(9-18-13)11-8-17(2)6-4-14-11/h9-11,14H,3-8H2,1-2H3. The molecular weight excluding hydrogens is 244 g/mol. The zero-order valence-corrected chi connectivity index (χ0v) is 12.0. The third-order valence-corrected chi connectivity index (χ3v) is 5.04. The quantitative estimate of drug-likeness (QED) is 0.870. The van der Waals surface area contributed by atoms with Gasteiger partial charge >= 0.3 is 0 Å². The van der Waals surface area contributed by atoms with Gasteiger partial charge in [-0.1, -0.05) is 0 Å². The van der Waals surface area contributed by atoms with Crippen LogP contribution in [0.15, 0.2) is 5.38 Å². The largest absolute Gasteiger partial charge is 0.306 e. The molecule has 1 aromatic rings. The fourth-order valence-electron chi connectivity index (χ4n) is 2.88. The number of hydrogen-bond donors (Lipinski definition) is 1. The van der Waals surface area contributed by atoms with E-state index in [9.17, 15) is 0 Å². The molecule has 0 saturated carbocycles. The summed E-state index contributed by atoms with van der Waals surface area (Å²) in [6, 6.07) is 0.424. The summed E-state index contributed by atoms with van der Waals surface area (Å²) in [5.74, 6) is 0.662. The van der Waals surface area contributed by atoms with Crippen molar-refractivity contribution < 1.29 is 0 Å². The lowest BCUT2D eigenvalue weighted by molar-refractivity contribution is 0.238. The first-order valence-electron chi connectivity index (χ1n) is 6.78. The third kappa shape index (κ3) is 2.59. The minimum absolute atomic E-state index is 0.424. The van der Waals surface area contributed by atoms with Crippen LogP contribution in [-0.4, -0.2) is 61.6 Å². The number of rotatable bonds is 2. The molecule has 0 spiro atoms. The van der Waals surface area contributed by atoms with Crippen molar-refractivity contribution in [2.45, 2.75) is 18.4 Å². The Morgan fingerprint density at radius 3 is 2.83 bits per heavy atom. The Morgan fingerprint density at radius 1 is 1.28 bits per heavy atom. The predicted octanol–water partition coefficient (Wildman–Crippen LogP) is 1.14. The topological polar surface area (TPSA) is 31.4 Å².